The molecule has 3 aromatic rings. The fourth-order valence-corrected chi connectivity index (χ4v) is 6.15. The Morgan fingerprint density at radius 1 is 1.14 bits per heavy atom. The summed E-state index contributed by atoms with van der Waals surface area (Å²) < 4.78 is 5.53. The number of anilines is 2. The fourth-order valence-electron chi connectivity index (χ4n) is 5.86. The van der Waals surface area contributed by atoms with Crippen LogP contribution in [0.25, 0.3) is 10.8 Å². The van der Waals surface area contributed by atoms with Gasteiger partial charge in [0.05, 0.1) is 35.6 Å². The zero-order chi connectivity index (χ0) is 25.6. The summed E-state index contributed by atoms with van der Waals surface area (Å²) in [6.07, 6.45) is 4.90. The maximum absolute atomic E-state index is 13.0. The number of rotatable bonds is 5. The maximum atomic E-state index is 13.0. The molecule has 1 amide bonds. The van der Waals surface area contributed by atoms with Crippen LogP contribution in [0.3, 0.4) is 0 Å². The van der Waals surface area contributed by atoms with E-state index in [9.17, 15) is 9.90 Å². The molecule has 6 rings (SSSR count). The molecule has 2 N–H and O–H groups in total. The summed E-state index contributed by atoms with van der Waals surface area (Å²) in [5.74, 6) is 0.607. The Kier molecular flexibility index (Phi) is 6.52. The standard InChI is InChI=1S/C28H32ClN5O3/c1-28(17-37-16-25(28)35)34-10-8-33(9-11-34)24-13-18-14-26(31-15-19(18)12-22(24)29)32-27(36)21-6-5-20(21)23-4-2-3-7-30-23/h2-4,7,12-15,20-21,25,35H,5-6,8-11,16-17H2,1H3,(H,31,32,36)/t20?,21?,25-,28+/m0/s1. The van der Waals surface area contributed by atoms with Crippen LogP contribution in [0.2, 0.25) is 5.02 Å². The van der Waals surface area contributed by atoms with Crippen LogP contribution in [-0.4, -0.2) is 76.9 Å². The minimum atomic E-state index is -0.469. The molecule has 0 spiro atoms. The van der Waals surface area contributed by atoms with Crippen molar-refractivity contribution in [3.8, 4) is 0 Å². The minimum Gasteiger partial charge on any atom is -0.389 e. The smallest absolute Gasteiger partial charge is 0.229 e. The highest BCUT2D eigenvalue weighted by Crippen LogP contribution is 2.42. The number of nitrogens with zero attached hydrogens (tertiary/aromatic N) is 4. The highest BCUT2D eigenvalue weighted by molar-refractivity contribution is 6.34. The van der Waals surface area contributed by atoms with E-state index in [2.05, 4.69) is 38.1 Å². The van der Waals surface area contributed by atoms with Crippen molar-refractivity contribution in [1.82, 2.24) is 14.9 Å². The third-order valence-electron chi connectivity index (χ3n) is 8.45. The molecule has 2 saturated heterocycles. The second-order valence-electron chi connectivity index (χ2n) is 10.6. The quantitative estimate of drug-likeness (QED) is 0.529. The van der Waals surface area contributed by atoms with Gasteiger partial charge in [-0.3, -0.25) is 14.7 Å². The molecule has 4 atom stereocenters. The van der Waals surface area contributed by atoms with Crippen LogP contribution in [0, 0.1) is 5.92 Å². The molecular weight excluding hydrogens is 490 g/mol. The molecule has 9 heteroatoms. The molecule has 1 aromatic carbocycles. The van der Waals surface area contributed by atoms with E-state index in [1.54, 1.807) is 12.4 Å². The number of carbonyl (C=O) groups excluding carboxylic acids is 1. The lowest BCUT2D eigenvalue weighted by Gasteiger charge is -2.45. The highest BCUT2D eigenvalue weighted by Gasteiger charge is 2.44. The van der Waals surface area contributed by atoms with Gasteiger partial charge in [0.2, 0.25) is 5.91 Å². The number of nitrogens with one attached hydrogen (secondary N) is 1. The molecule has 4 heterocycles. The van der Waals surface area contributed by atoms with Crippen molar-refractivity contribution < 1.29 is 14.6 Å². The number of hydrogen-bond acceptors (Lipinski definition) is 7. The predicted octanol–water partition coefficient (Wildman–Crippen LogP) is 3.69. The molecule has 3 fully saturated rings. The van der Waals surface area contributed by atoms with Crippen LogP contribution in [0.5, 0.6) is 0 Å². The SMILES string of the molecule is C[C@@]1(N2CCN(c3cc4cc(NC(=O)C5CCC5c5ccccn5)ncc4cc3Cl)CC2)COC[C@@H]1O. The molecule has 2 aromatic heterocycles. The zero-order valence-electron chi connectivity index (χ0n) is 20.9. The van der Waals surface area contributed by atoms with Crippen molar-refractivity contribution in [3.05, 3.63) is 59.5 Å². The molecule has 8 nitrogen and oxygen atoms in total. The minimum absolute atomic E-state index is 0.00867. The summed E-state index contributed by atoms with van der Waals surface area (Å²) in [4.78, 5) is 26.6. The first-order chi connectivity index (χ1) is 17.9. The number of piperazine rings is 1. The van der Waals surface area contributed by atoms with E-state index in [1.807, 2.05) is 30.3 Å². The number of pyridine rings is 2. The molecule has 0 bridgehead atoms. The number of benzene rings is 1. The predicted molar refractivity (Wildman–Crippen MR) is 144 cm³/mol. The number of ether oxygens (including phenoxy) is 1. The fraction of sp³-hybridized carbons (Fsp3) is 0.464. The Bertz CT molecular complexity index is 1300. The average Bonchev–Trinajstić information content (AvgIpc) is 3.23. The normalized spacial score (nSPS) is 28.3. The number of aliphatic hydroxyl groups is 1. The number of amides is 1. The molecule has 0 radical (unpaired) electrons. The van der Waals surface area contributed by atoms with Crippen LogP contribution in [0.1, 0.15) is 31.4 Å². The van der Waals surface area contributed by atoms with Gasteiger partial charge in [0.25, 0.3) is 0 Å². The van der Waals surface area contributed by atoms with E-state index in [0.29, 0.717) is 24.1 Å². The van der Waals surface area contributed by atoms with Crippen molar-refractivity contribution in [2.45, 2.75) is 37.3 Å². The van der Waals surface area contributed by atoms with Crippen LogP contribution in [0.4, 0.5) is 11.5 Å². The van der Waals surface area contributed by atoms with Crippen LogP contribution < -0.4 is 10.2 Å². The molecular formula is C28H32ClN5O3. The van der Waals surface area contributed by atoms with Crippen molar-refractivity contribution >= 4 is 39.8 Å². The molecule has 3 aliphatic rings. The summed E-state index contributed by atoms with van der Waals surface area (Å²) in [5, 5.41) is 16.0. The van der Waals surface area contributed by atoms with Crippen molar-refractivity contribution in [1.29, 1.82) is 0 Å². The second-order valence-corrected chi connectivity index (χ2v) is 11.0. The summed E-state index contributed by atoms with van der Waals surface area (Å²) in [5.41, 5.74) is 1.61. The van der Waals surface area contributed by atoms with Crippen molar-refractivity contribution in [3.63, 3.8) is 0 Å². The van der Waals surface area contributed by atoms with E-state index in [1.165, 1.54) is 0 Å². The van der Waals surface area contributed by atoms with Gasteiger partial charge in [-0.2, -0.15) is 0 Å². The monoisotopic (exact) mass is 521 g/mol. The van der Waals surface area contributed by atoms with Gasteiger partial charge in [0.15, 0.2) is 0 Å². The van der Waals surface area contributed by atoms with Crippen molar-refractivity contribution in [2.24, 2.45) is 5.92 Å². The van der Waals surface area contributed by atoms with Gasteiger partial charge >= 0.3 is 0 Å². The number of hydrogen-bond donors (Lipinski definition) is 2. The van der Waals surface area contributed by atoms with E-state index >= 15 is 0 Å². The first-order valence-corrected chi connectivity index (χ1v) is 13.4. The summed E-state index contributed by atoms with van der Waals surface area (Å²) in [6, 6.07) is 11.8. The number of halogens is 1. The lowest BCUT2D eigenvalue weighted by atomic mass is 9.71. The number of fused-ring (bicyclic) bond motifs is 1. The number of aromatic nitrogens is 2. The molecule has 2 unspecified atom stereocenters. The number of carbonyl (C=O) groups is 1. The first-order valence-electron chi connectivity index (χ1n) is 13.0. The zero-order valence-corrected chi connectivity index (χ0v) is 21.7. The van der Waals surface area contributed by atoms with Gasteiger partial charge in [-0.15, -0.1) is 0 Å². The Morgan fingerprint density at radius 3 is 2.65 bits per heavy atom. The van der Waals surface area contributed by atoms with Gasteiger partial charge < -0.3 is 20.1 Å². The van der Waals surface area contributed by atoms with Gasteiger partial charge in [0, 0.05) is 61.5 Å². The van der Waals surface area contributed by atoms with Gasteiger partial charge in [-0.1, -0.05) is 17.7 Å². The number of aliphatic hydroxyl groups excluding tert-OH is 1. The van der Waals surface area contributed by atoms with E-state index in [0.717, 1.165) is 61.2 Å². The van der Waals surface area contributed by atoms with E-state index < -0.39 is 6.10 Å². The molecule has 1 saturated carbocycles. The lowest BCUT2D eigenvalue weighted by molar-refractivity contribution is -0.123. The van der Waals surface area contributed by atoms with Crippen LogP contribution >= 0.6 is 11.6 Å². The first kappa shape index (κ1) is 24.6. The van der Waals surface area contributed by atoms with Gasteiger partial charge in [-0.05, 0) is 55.5 Å². The van der Waals surface area contributed by atoms with Crippen molar-refractivity contribution in [2.75, 3.05) is 49.6 Å². The lowest BCUT2D eigenvalue weighted by Crippen LogP contribution is -2.60. The van der Waals surface area contributed by atoms with Gasteiger partial charge in [-0.25, -0.2) is 4.98 Å². The van der Waals surface area contributed by atoms with E-state index in [-0.39, 0.29) is 23.3 Å². The van der Waals surface area contributed by atoms with Gasteiger partial charge in [0.1, 0.15) is 5.82 Å². The topological polar surface area (TPSA) is 90.8 Å². The summed E-state index contributed by atoms with van der Waals surface area (Å²) in [6.45, 7) is 6.27. The Labute approximate surface area is 221 Å². The summed E-state index contributed by atoms with van der Waals surface area (Å²) in [7, 11) is 0. The molecule has 1 aliphatic carbocycles. The van der Waals surface area contributed by atoms with Crippen LogP contribution in [0.15, 0.2) is 48.8 Å². The average molecular weight is 522 g/mol. The third-order valence-corrected chi connectivity index (χ3v) is 8.75. The molecule has 37 heavy (non-hydrogen) atoms. The molecule has 2 aliphatic heterocycles. The van der Waals surface area contributed by atoms with E-state index in [4.69, 9.17) is 16.3 Å². The Morgan fingerprint density at radius 2 is 1.97 bits per heavy atom. The second kappa shape index (κ2) is 9.83. The maximum Gasteiger partial charge on any atom is 0.229 e. The Balaban J connectivity index is 1.16. The van der Waals surface area contributed by atoms with Crippen LogP contribution in [-0.2, 0) is 9.53 Å². The highest BCUT2D eigenvalue weighted by atomic mass is 35.5. The summed E-state index contributed by atoms with van der Waals surface area (Å²) >= 11 is 6.70. The Hall–Kier alpha value is -2.78. The third kappa shape index (κ3) is 4.56. The molecule has 194 valence electrons. The largest absolute Gasteiger partial charge is 0.389 e.